The summed E-state index contributed by atoms with van der Waals surface area (Å²) in [5.74, 6) is 0. The number of hydrogen-bond donors (Lipinski definition) is 0. The quantitative estimate of drug-likeness (QED) is 0.392. The summed E-state index contributed by atoms with van der Waals surface area (Å²) >= 11 is 0. The van der Waals surface area contributed by atoms with Crippen molar-refractivity contribution in [3.8, 4) is 0 Å². The second kappa shape index (κ2) is 7.99. The zero-order valence-corrected chi connectivity index (χ0v) is 24.0. The van der Waals surface area contributed by atoms with Crippen LogP contribution in [-0.4, -0.2) is 16.1 Å². The van der Waals surface area contributed by atoms with E-state index in [1.807, 2.05) is 0 Å². The zero-order valence-electron chi connectivity index (χ0n) is 22.0. The SMILES string of the molecule is Cc1ccc(C)c2c1C=C(CCC1=Cc3c(C)ccc(C)c3[C@H]1[Si](C)(C)C)[C@H]2[Si](C)(C)C. The molecule has 2 aromatic rings. The maximum Gasteiger partial charge on any atom is 0.0569 e. The van der Waals surface area contributed by atoms with Crippen LogP contribution in [0.3, 0.4) is 0 Å². The first-order valence-corrected chi connectivity index (χ1v) is 19.6. The average Bonchev–Trinajstić information content (AvgIpc) is 3.26. The van der Waals surface area contributed by atoms with Crippen molar-refractivity contribution in [3.63, 3.8) is 0 Å². The fraction of sp³-hybridized carbons (Fsp3) is 0.467. The summed E-state index contributed by atoms with van der Waals surface area (Å²) in [6.45, 7) is 24.6. The molecular formula is C30H42Si2. The lowest BCUT2D eigenvalue weighted by atomic mass is 9.96. The van der Waals surface area contributed by atoms with Gasteiger partial charge in [0.2, 0.25) is 0 Å². The van der Waals surface area contributed by atoms with Gasteiger partial charge in [0.05, 0.1) is 16.1 Å². The Morgan fingerprint density at radius 1 is 0.531 bits per heavy atom. The first-order chi connectivity index (χ1) is 14.8. The minimum absolute atomic E-state index is 0.663. The van der Waals surface area contributed by atoms with Crippen molar-refractivity contribution >= 4 is 28.3 Å². The highest BCUT2D eigenvalue weighted by atomic mass is 28.3. The van der Waals surface area contributed by atoms with Crippen LogP contribution in [0.4, 0.5) is 0 Å². The summed E-state index contributed by atoms with van der Waals surface area (Å²) in [7, 11) is -2.77. The molecule has 0 aromatic heterocycles. The van der Waals surface area contributed by atoms with Crippen LogP contribution in [0, 0.1) is 27.7 Å². The third-order valence-electron chi connectivity index (χ3n) is 7.86. The summed E-state index contributed by atoms with van der Waals surface area (Å²) in [4.78, 5) is 0. The summed E-state index contributed by atoms with van der Waals surface area (Å²) in [5.41, 5.74) is 17.0. The number of hydrogen-bond acceptors (Lipinski definition) is 0. The smallest absolute Gasteiger partial charge is 0.0569 e. The van der Waals surface area contributed by atoms with Crippen LogP contribution in [-0.2, 0) is 0 Å². The van der Waals surface area contributed by atoms with Gasteiger partial charge in [-0.2, -0.15) is 0 Å². The lowest BCUT2D eigenvalue weighted by molar-refractivity contribution is 0.842. The van der Waals surface area contributed by atoms with Gasteiger partial charge in [0.15, 0.2) is 0 Å². The monoisotopic (exact) mass is 458 g/mol. The van der Waals surface area contributed by atoms with E-state index >= 15 is 0 Å². The number of aryl methyl sites for hydroxylation is 4. The topological polar surface area (TPSA) is 0 Å². The van der Waals surface area contributed by atoms with Crippen LogP contribution in [0.5, 0.6) is 0 Å². The van der Waals surface area contributed by atoms with Gasteiger partial charge in [-0.3, -0.25) is 0 Å². The summed E-state index contributed by atoms with van der Waals surface area (Å²) in [6.07, 6.45) is 7.59. The molecule has 0 unspecified atom stereocenters. The van der Waals surface area contributed by atoms with Crippen molar-refractivity contribution in [2.24, 2.45) is 0 Å². The molecule has 0 spiro atoms. The molecule has 0 saturated carbocycles. The third-order valence-corrected chi connectivity index (χ3v) is 12.6. The molecule has 0 aliphatic heterocycles. The van der Waals surface area contributed by atoms with E-state index in [-0.39, 0.29) is 0 Å². The third kappa shape index (κ3) is 3.94. The molecule has 0 fully saturated rings. The minimum atomic E-state index is -1.38. The van der Waals surface area contributed by atoms with Crippen molar-refractivity contribution in [3.05, 3.63) is 79.9 Å². The van der Waals surface area contributed by atoms with Gasteiger partial charge in [-0.1, -0.05) is 86.8 Å². The van der Waals surface area contributed by atoms with Gasteiger partial charge in [-0.15, -0.1) is 0 Å². The number of allylic oxidation sites excluding steroid dienone is 2. The molecule has 2 heteroatoms. The number of benzene rings is 2. The van der Waals surface area contributed by atoms with Crippen molar-refractivity contribution in [1.82, 2.24) is 0 Å². The largest absolute Gasteiger partial charge is 0.0688 e. The molecule has 0 bridgehead atoms. The van der Waals surface area contributed by atoms with E-state index in [4.69, 9.17) is 0 Å². The van der Waals surface area contributed by atoms with E-state index in [1.54, 1.807) is 22.3 Å². The highest BCUT2D eigenvalue weighted by Crippen LogP contribution is 2.50. The molecule has 0 radical (unpaired) electrons. The lowest BCUT2D eigenvalue weighted by Crippen LogP contribution is -2.33. The van der Waals surface area contributed by atoms with E-state index in [0.29, 0.717) is 11.1 Å². The van der Waals surface area contributed by atoms with Crippen LogP contribution in [0.25, 0.3) is 12.2 Å². The van der Waals surface area contributed by atoms with Gasteiger partial charge in [0.25, 0.3) is 0 Å². The molecule has 0 nitrogen and oxygen atoms in total. The molecule has 2 aromatic carbocycles. The first-order valence-electron chi connectivity index (χ1n) is 12.4. The summed E-state index contributed by atoms with van der Waals surface area (Å²) < 4.78 is 0. The zero-order chi connectivity index (χ0) is 23.6. The fourth-order valence-electron chi connectivity index (χ4n) is 6.47. The first kappa shape index (κ1) is 23.5. The van der Waals surface area contributed by atoms with E-state index in [1.165, 1.54) is 46.2 Å². The van der Waals surface area contributed by atoms with Gasteiger partial charge < -0.3 is 0 Å². The maximum atomic E-state index is 2.59. The number of rotatable bonds is 5. The van der Waals surface area contributed by atoms with Gasteiger partial charge in [-0.05, 0) is 85.0 Å². The molecule has 0 N–H and O–H groups in total. The van der Waals surface area contributed by atoms with Crippen molar-refractivity contribution in [2.45, 2.75) is 90.9 Å². The lowest BCUT2D eigenvalue weighted by Gasteiger charge is -2.32. The second-order valence-corrected chi connectivity index (χ2v) is 23.2. The Morgan fingerprint density at radius 3 is 1.16 bits per heavy atom. The highest BCUT2D eigenvalue weighted by Gasteiger charge is 2.40. The molecule has 0 heterocycles. The number of fused-ring (bicyclic) bond motifs is 2. The standard InChI is InChI=1S/C30H42Si2/c1-19-11-13-21(3)27-25(19)17-23(29(27)31(5,6)7)15-16-24-18-26-20(2)12-14-22(4)28(26)30(24)32(8,9)10/h11-14,17-18,29-30H,15-16H2,1-10H3/t29-,30+. The highest BCUT2D eigenvalue weighted by molar-refractivity contribution is 6.79. The van der Waals surface area contributed by atoms with Crippen LogP contribution >= 0.6 is 0 Å². The molecule has 32 heavy (non-hydrogen) atoms. The Morgan fingerprint density at radius 2 is 0.844 bits per heavy atom. The second-order valence-electron chi connectivity index (χ2n) is 12.6. The van der Waals surface area contributed by atoms with E-state index < -0.39 is 16.1 Å². The van der Waals surface area contributed by atoms with Crippen LogP contribution in [0.1, 0.15) is 68.4 Å². The predicted octanol–water partition coefficient (Wildman–Crippen LogP) is 9.12. The van der Waals surface area contributed by atoms with Gasteiger partial charge in [-0.25, -0.2) is 0 Å². The molecule has 0 saturated heterocycles. The minimum Gasteiger partial charge on any atom is -0.0688 e. The Balaban J connectivity index is 1.70. The van der Waals surface area contributed by atoms with E-state index in [0.717, 1.165) is 0 Å². The van der Waals surface area contributed by atoms with Crippen LogP contribution < -0.4 is 0 Å². The van der Waals surface area contributed by atoms with Crippen LogP contribution in [0.15, 0.2) is 35.4 Å². The Labute approximate surface area is 198 Å². The fourth-order valence-corrected chi connectivity index (χ4v) is 11.6. The van der Waals surface area contributed by atoms with Gasteiger partial charge in [0.1, 0.15) is 0 Å². The normalized spacial score (nSPS) is 20.2. The van der Waals surface area contributed by atoms with Gasteiger partial charge in [0, 0.05) is 11.1 Å². The van der Waals surface area contributed by atoms with Crippen LogP contribution in [0.2, 0.25) is 39.3 Å². The molecule has 2 aliphatic rings. The van der Waals surface area contributed by atoms with Crippen molar-refractivity contribution in [1.29, 1.82) is 0 Å². The molecule has 4 rings (SSSR count). The molecule has 2 aliphatic carbocycles. The summed E-state index contributed by atoms with van der Waals surface area (Å²) in [6, 6.07) is 9.33. The van der Waals surface area contributed by atoms with Gasteiger partial charge >= 0.3 is 0 Å². The summed E-state index contributed by atoms with van der Waals surface area (Å²) in [5, 5.41) is 0. The Hall–Kier alpha value is -1.65. The van der Waals surface area contributed by atoms with Crippen molar-refractivity contribution < 1.29 is 0 Å². The van der Waals surface area contributed by atoms with Crippen molar-refractivity contribution in [2.75, 3.05) is 0 Å². The average molecular weight is 459 g/mol. The van der Waals surface area contributed by atoms with E-state index in [2.05, 4.69) is 103 Å². The Bertz CT molecular complexity index is 1040. The molecule has 2 atom stereocenters. The Kier molecular flexibility index (Phi) is 5.87. The predicted molar refractivity (Wildman–Crippen MR) is 149 cm³/mol. The molecule has 0 amide bonds. The molecular weight excluding hydrogens is 417 g/mol. The molecule has 170 valence electrons. The van der Waals surface area contributed by atoms with E-state index in [9.17, 15) is 0 Å². The maximum absolute atomic E-state index is 2.59.